The van der Waals surface area contributed by atoms with Crippen molar-refractivity contribution in [3.8, 4) is 0 Å². The maximum absolute atomic E-state index is 14.5. The van der Waals surface area contributed by atoms with Gasteiger partial charge in [-0.2, -0.15) is 26.3 Å². The second kappa shape index (κ2) is 11.7. The minimum absolute atomic E-state index is 0.0976. The number of nitrogens with one attached hydrogen (secondary N) is 1. The molecule has 0 unspecified atom stereocenters. The highest BCUT2D eigenvalue weighted by atomic mass is 19.4. The SMILES string of the molecule is CC[C@@H]1C[C@H](NCc2cc(C(F)(F)F)cc(C(F)(F)F)c2)C[C@H](Cc2ccccc2F)N1C(=O)OC(C)(C)C. The first-order chi connectivity index (χ1) is 18.0. The molecule has 1 aliphatic rings. The van der Waals surface area contributed by atoms with E-state index in [0.717, 1.165) is 0 Å². The van der Waals surface area contributed by atoms with E-state index in [0.29, 0.717) is 37.0 Å². The van der Waals surface area contributed by atoms with Gasteiger partial charge in [0.15, 0.2) is 0 Å². The molecule has 0 saturated carbocycles. The van der Waals surface area contributed by atoms with Crippen molar-refractivity contribution in [1.82, 2.24) is 10.2 Å². The number of benzene rings is 2. The van der Waals surface area contributed by atoms with Crippen molar-refractivity contribution in [3.63, 3.8) is 0 Å². The number of alkyl halides is 6. The lowest BCUT2D eigenvalue weighted by Gasteiger charge is -2.45. The third kappa shape index (κ3) is 8.33. The van der Waals surface area contributed by atoms with Gasteiger partial charge in [0.2, 0.25) is 0 Å². The van der Waals surface area contributed by atoms with Crippen LogP contribution in [0.15, 0.2) is 42.5 Å². The Balaban J connectivity index is 1.87. The Morgan fingerprint density at radius 3 is 2.03 bits per heavy atom. The molecule has 0 spiro atoms. The fourth-order valence-electron chi connectivity index (χ4n) is 4.90. The molecule has 2 aromatic carbocycles. The molecule has 39 heavy (non-hydrogen) atoms. The molecule has 1 aliphatic heterocycles. The van der Waals surface area contributed by atoms with Crippen molar-refractivity contribution in [3.05, 3.63) is 70.5 Å². The Labute approximate surface area is 223 Å². The minimum Gasteiger partial charge on any atom is -0.444 e. The number of nitrogens with zero attached hydrogens (tertiary/aromatic N) is 1. The lowest BCUT2D eigenvalue weighted by molar-refractivity contribution is -0.143. The van der Waals surface area contributed by atoms with Gasteiger partial charge in [-0.3, -0.25) is 0 Å². The van der Waals surface area contributed by atoms with Gasteiger partial charge in [0.05, 0.1) is 11.1 Å². The summed E-state index contributed by atoms with van der Waals surface area (Å²) in [6.45, 7) is 6.82. The van der Waals surface area contributed by atoms with Crippen molar-refractivity contribution >= 4 is 6.09 Å². The topological polar surface area (TPSA) is 41.6 Å². The zero-order valence-electron chi connectivity index (χ0n) is 22.2. The third-order valence-corrected chi connectivity index (χ3v) is 6.63. The molecule has 0 aliphatic carbocycles. The molecule has 4 nitrogen and oxygen atoms in total. The van der Waals surface area contributed by atoms with Gasteiger partial charge >= 0.3 is 18.4 Å². The van der Waals surface area contributed by atoms with Gasteiger partial charge in [-0.25, -0.2) is 9.18 Å². The highest BCUT2D eigenvalue weighted by Gasteiger charge is 2.40. The van der Waals surface area contributed by atoms with Gasteiger partial charge in [0, 0.05) is 24.7 Å². The van der Waals surface area contributed by atoms with Crippen LogP contribution in [-0.4, -0.2) is 34.7 Å². The molecule has 216 valence electrons. The summed E-state index contributed by atoms with van der Waals surface area (Å²) in [5, 5.41) is 3.09. The average molecular weight is 563 g/mol. The van der Waals surface area contributed by atoms with Gasteiger partial charge in [-0.05, 0) is 81.8 Å². The molecule has 0 aromatic heterocycles. The maximum atomic E-state index is 14.5. The number of carbonyl (C=O) groups is 1. The van der Waals surface area contributed by atoms with Crippen molar-refractivity contribution in [2.24, 2.45) is 0 Å². The third-order valence-electron chi connectivity index (χ3n) is 6.63. The van der Waals surface area contributed by atoms with Crippen molar-refractivity contribution in [1.29, 1.82) is 0 Å². The molecule has 3 rings (SSSR count). The van der Waals surface area contributed by atoms with Crippen LogP contribution in [0.2, 0.25) is 0 Å². The molecule has 11 heteroatoms. The summed E-state index contributed by atoms with van der Waals surface area (Å²) in [5.74, 6) is -0.437. The Bertz CT molecular complexity index is 1110. The number of piperidine rings is 1. The average Bonchev–Trinajstić information content (AvgIpc) is 2.81. The van der Waals surface area contributed by atoms with Crippen LogP contribution < -0.4 is 5.32 Å². The fourth-order valence-corrected chi connectivity index (χ4v) is 4.90. The first kappa shape index (κ1) is 30.7. The van der Waals surface area contributed by atoms with E-state index >= 15 is 0 Å². The second-order valence-corrected chi connectivity index (χ2v) is 10.9. The van der Waals surface area contributed by atoms with Crippen LogP contribution in [0.5, 0.6) is 0 Å². The summed E-state index contributed by atoms with van der Waals surface area (Å²) < 4.78 is 99.9. The van der Waals surface area contributed by atoms with Gasteiger partial charge < -0.3 is 15.0 Å². The van der Waals surface area contributed by atoms with E-state index in [1.54, 1.807) is 43.9 Å². The molecule has 1 N–H and O–H groups in total. The van der Waals surface area contributed by atoms with Crippen LogP contribution in [0.3, 0.4) is 0 Å². The lowest BCUT2D eigenvalue weighted by atomic mass is 9.86. The van der Waals surface area contributed by atoms with Crippen LogP contribution in [0, 0.1) is 5.82 Å². The Morgan fingerprint density at radius 1 is 0.949 bits per heavy atom. The van der Waals surface area contributed by atoms with Crippen LogP contribution in [-0.2, 0) is 30.1 Å². The van der Waals surface area contributed by atoms with E-state index in [9.17, 15) is 35.5 Å². The molecule has 2 aromatic rings. The molecule has 0 bridgehead atoms. The molecule has 1 fully saturated rings. The Hall–Kier alpha value is -2.82. The zero-order valence-corrected chi connectivity index (χ0v) is 22.2. The van der Waals surface area contributed by atoms with Crippen LogP contribution >= 0.6 is 0 Å². The highest BCUT2D eigenvalue weighted by Crippen LogP contribution is 2.37. The molecule has 1 heterocycles. The smallest absolute Gasteiger partial charge is 0.416 e. The number of carbonyl (C=O) groups excluding carboxylic acids is 1. The van der Waals surface area contributed by atoms with Gasteiger partial charge in [-0.15, -0.1) is 0 Å². The summed E-state index contributed by atoms with van der Waals surface area (Å²) in [5.41, 5.74) is -3.30. The quantitative estimate of drug-likeness (QED) is 0.366. The van der Waals surface area contributed by atoms with E-state index < -0.39 is 47.0 Å². The van der Waals surface area contributed by atoms with E-state index in [1.165, 1.54) is 6.07 Å². The number of likely N-dealkylation sites (tertiary alicyclic amines) is 1. The highest BCUT2D eigenvalue weighted by molar-refractivity contribution is 5.69. The number of rotatable bonds is 6. The predicted molar refractivity (Wildman–Crippen MR) is 132 cm³/mol. The summed E-state index contributed by atoms with van der Waals surface area (Å²) in [7, 11) is 0. The molecule has 1 amide bonds. The maximum Gasteiger partial charge on any atom is 0.416 e. The first-order valence-corrected chi connectivity index (χ1v) is 12.7. The Kier molecular flexibility index (Phi) is 9.24. The van der Waals surface area contributed by atoms with Crippen LogP contribution in [0.25, 0.3) is 0 Å². The summed E-state index contributed by atoms with van der Waals surface area (Å²) >= 11 is 0. The van der Waals surface area contributed by atoms with Crippen LogP contribution in [0.4, 0.5) is 35.5 Å². The van der Waals surface area contributed by atoms with Crippen molar-refractivity contribution in [2.75, 3.05) is 0 Å². The van der Waals surface area contributed by atoms with Crippen molar-refractivity contribution in [2.45, 2.75) is 96.0 Å². The second-order valence-electron chi connectivity index (χ2n) is 10.9. The monoisotopic (exact) mass is 562 g/mol. The lowest BCUT2D eigenvalue weighted by Crippen LogP contribution is -2.57. The number of halogens is 7. The van der Waals surface area contributed by atoms with E-state index in [4.69, 9.17) is 4.74 Å². The molecule has 1 saturated heterocycles. The van der Waals surface area contributed by atoms with Crippen molar-refractivity contribution < 1.29 is 40.3 Å². The van der Waals surface area contributed by atoms with Crippen LogP contribution in [0.1, 0.15) is 69.2 Å². The van der Waals surface area contributed by atoms with E-state index in [-0.39, 0.29) is 36.7 Å². The molecule has 3 atom stereocenters. The molecule has 0 radical (unpaired) electrons. The predicted octanol–water partition coefficient (Wildman–Crippen LogP) is 7.74. The molecular formula is C28H33F7N2O2. The number of amides is 1. The minimum atomic E-state index is -4.94. The normalized spacial score (nSPS) is 20.7. The molecular weight excluding hydrogens is 529 g/mol. The summed E-state index contributed by atoms with van der Waals surface area (Å²) in [6, 6.07) is 6.45. The zero-order chi connectivity index (χ0) is 29.2. The van der Waals surface area contributed by atoms with Gasteiger partial charge in [0.25, 0.3) is 0 Å². The number of ether oxygens (including phenoxy) is 1. The first-order valence-electron chi connectivity index (χ1n) is 12.7. The number of hydrogen-bond acceptors (Lipinski definition) is 3. The van der Waals surface area contributed by atoms with Gasteiger partial charge in [-0.1, -0.05) is 25.1 Å². The van der Waals surface area contributed by atoms with E-state index in [1.807, 2.05) is 6.92 Å². The fraction of sp³-hybridized carbons (Fsp3) is 0.536. The van der Waals surface area contributed by atoms with E-state index in [2.05, 4.69) is 5.32 Å². The summed E-state index contributed by atoms with van der Waals surface area (Å²) in [4.78, 5) is 14.8. The van der Waals surface area contributed by atoms with Gasteiger partial charge in [0.1, 0.15) is 11.4 Å². The standard InChI is InChI=1S/C28H33F7N2O2/c1-5-22-14-21(36-16-17-10-19(27(30,31)32)13-20(11-17)28(33,34)35)15-23(12-18-8-6-7-9-24(18)29)37(22)25(38)39-26(2,3)4/h6-11,13,21-23,36H,5,12,14-16H2,1-4H3/t21-,22+,23-/m0/s1. The Morgan fingerprint density at radius 2 is 1.51 bits per heavy atom. The summed E-state index contributed by atoms with van der Waals surface area (Å²) in [6.07, 6.45) is -9.04. The number of hydrogen-bond donors (Lipinski definition) is 1. The largest absolute Gasteiger partial charge is 0.444 e.